The lowest BCUT2D eigenvalue weighted by Gasteiger charge is -2.05. The predicted octanol–water partition coefficient (Wildman–Crippen LogP) is 2.56. The molecule has 1 atom stereocenters. The number of hydrogen-bond donors (Lipinski definition) is 0. The van der Waals surface area contributed by atoms with E-state index in [9.17, 15) is 0 Å². The fourth-order valence-corrected chi connectivity index (χ4v) is 1.94. The molecule has 0 aliphatic carbocycles. The Balaban J connectivity index is 2.53. The van der Waals surface area contributed by atoms with Crippen LogP contribution in [0, 0.1) is 6.92 Å². The molecule has 0 N–H and O–H groups in total. The van der Waals surface area contributed by atoms with E-state index in [-0.39, 0.29) is 0 Å². The van der Waals surface area contributed by atoms with Gasteiger partial charge in [-0.3, -0.25) is 4.98 Å². The fourth-order valence-electron chi connectivity index (χ4n) is 1.44. The standard InChI is InChI=1S/C12H12NP/c1-9-5-6-10(12(14)8-9)11-4-2-3-7-13-11/h2-8H,14H2,1H3. The van der Waals surface area contributed by atoms with E-state index in [0.717, 1.165) is 5.69 Å². The third-order valence-corrected chi connectivity index (χ3v) is 2.63. The van der Waals surface area contributed by atoms with Crippen LogP contribution >= 0.6 is 9.24 Å². The van der Waals surface area contributed by atoms with Crippen molar-refractivity contribution in [3.63, 3.8) is 0 Å². The highest BCUT2D eigenvalue weighted by Gasteiger charge is 2.01. The summed E-state index contributed by atoms with van der Waals surface area (Å²) in [7, 11) is 2.75. The molecule has 2 heteroatoms. The molecule has 1 aromatic heterocycles. The van der Waals surface area contributed by atoms with Gasteiger partial charge in [0.1, 0.15) is 0 Å². The molecule has 0 amide bonds. The van der Waals surface area contributed by atoms with Crippen molar-refractivity contribution in [3.8, 4) is 11.3 Å². The van der Waals surface area contributed by atoms with Gasteiger partial charge in [0, 0.05) is 11.8 Å². The quantitative estimate of drug-likeness (QED) is 0.646. The third-order valence-electron chi connectivity index (χ3n) is 2.15. The van der Waals surface area contributed by atoms with Crippen molar-refractivity contribution in [2.24, 2.45) is 0 Å². The summed E-state index contributed by atoms with van der Waals surface area (Å²) in [5.74, 6) is 0. The molecule has 0 radical (unpaired) electrons. The van der Waals surface area contributed by atoms with E-state index < -0.39 is 0 Å². The molecule has 1 heterocycles. The average Bonchev–Trinajstić information content (AvgIpc) is 2.19. The second-order valence-corrected chi connectivity index (χ2v) is 3.93. The van der Waals surface area contributed by atoms with Gasteiger partial charge in [-0.2, -0.15) is 0 Å². The van der Waals surface area contributed by atoms with Crippen LogP contribution < -0.4 is 5.30 Å². The summed E-state index contributed by atoms with van der Waals surface area (Å²) in [5.41, 5.74) is 3.48. The maximum Gasteiger partial charge on any atom is 0.0708 e. The molecule has 14 heavy (non-hydrogen) atoms. The SMILES string of the molecule is Cc1ccc(-c2ccccn2)c(P)c1. The first-order valence-electron chi connectivity index (χ1n) is 4.55. The normalized spacial score (nSPS) is 10.1. The van der Waals surface area contributed by atoms with Gasteiger partial charge in [-0.1, -0.05) is 29.8 Å². The summed E-state index contributed by atoms with van der Waals surface area (Å²) < 4.78 is 0. The van der Waals surface area contributed by atoms with Crippen LogP contribution in [0.3, 0.4) is 0 Å². The zero-order chi connectivity index (χ0) is 9.97. The first kappa shape index (κ1) is 9.36. The Morgan fingerprint density at radius 3 is 2.64 bits per heavy atom. The molecule has 2 aromatic rings. The lowest BCUT2D eigenvalue weighted by molar-refractivity contribution is 1.33. The highest BCUT2D eigenvalue weighted by Crippen LogP contribution is 2.16. The molecule has 1 unspecified atom stereocenters. The zero-order valence-electron chi connectivity index (χ0n) is 8.07. The molecule has 0 aliphatic rings. The molecule has 1 nitrogen and oxygen atoms in total. The summed E-state index contributed by atoms with van der Waals surface area (Å²) in [5, 5.41) is 1.20. The number of aryl methyl sites for hydroxylation is 1. The van der Waals surface area contributed by atoms with Crippen molar-refractivity contribution >= 4 is 14.5 Å². The summed E-state index contributed by atoms with van der Waals surface area (Å²) >= 11 is 0. The molecule has 0 saturated carbocycles. The van der Waals surface area contributed by atoms with Gasteiger partial charge in [-0.15, -0.1) is 9.24 Å². The van der Waals surface area contributed by atoms with Gasteiger partial charge in [-0.25, -0.2) is 0 Å². The number of rotatable bonds is 1. The van der Waals surface area contributed by atoms with E-state index in [1.54, 1.807) is 0 Å². The first-order valence-corrected chi connectivity index (χ1v) is 5.12. The Hall–Kier alpha value is -1.20. The zero-order valence-corrected chi connectivity index (χ0v) is 9.22. The topological polar surface area (TPSA) is 12.9 Å². The van der Waals surface area contributed by atoms with E-state index in [1.807, 2.05) is 24.4 Å². The fraction of sp³-hybridized carbons (Fsp3) is 0.0833. The third kappa shape index (κ3) is 1.83. The van der Waals surface area contributed by atoms with E-state index in [2.05, 4.69) is 39.3 Å². The van der Waals surface area contributed by atoms with Crippen LogP contribution in [0.4, 0.5) is 0 Å². The van der Waals surface area contributed by atoms with Crippen molar-refractivity contribution in [2.45, 2.75) is 6.92 Å². The number of nitrogens with zero attached hydrogens (tertiary/aromatic N) is 1. The number of benzene rings is 1. The molecule has 0 aliphatic heterocycles. The molecular formula is C12H12NP. The predicted molar refractivity (Wildman–Crippen MR) is 63.8 cm³/mol. The first-order chi connectivity index (χ1) is 6.77. The monoisotopic (exact) mass is 201 g/mol. The van der Waals surface area contributed by atoms with Gasteiger partial charge in [0.05, 0.1) is 5.69 Å². The minimum atomic E-state index is 1.03. The van der Waals surface area contributed by atoms with Gasteiger partial charge in [0.15, 0.2) is 0 Å². The van der Waals surface area contributed by atoms with Crippen LogP contribution in [0.25, 0.3) is 11.3 Å². The van der Waals surface area contributed by atoms with E-state index in [0.29, 0.717) is 0 Å². The van der Waals surface area contributed by atoms with Crippen molar-refractivity contribution in [1.82, 2.24) is 4.98 Å². The smallest absolute Gasteiger partial charge is 0.0708 e. The van der Waals surface area contributed by atoms with Crippen LogP contribution in [-0.4, -0.2) is 4.98 Å². The number of aromatic nitrogens is 1. The van der Waals surface area contributed by atoms with Crippen LogP contribution in [0.15, 0.2) is 42.6 Å². The van der Waals surface area contributed by atoms with E-state index in [1.165, 1.54) is 16.4 Å². The second kappa shape index (κ2) is 3.89. The maximum absolute atomic E-state index is 4.33. The molecule has 0 saturated heterocycles. The minimum Gasteiger partial charge on any atom is -0.256 e. The second-order valence-electron chi connectivity index (χ2n) is 3.31. The highest BCUT2D eigenvalue weighted by atomic mass is 31.0. The Morgan fingerprint density at radius 1 is 1.14 bits per heavy atom. The van der Waals surface area contributed by atoms with Crippen LogP contribution in [-0.2, 0) is 0 Å². The summed E-state index contributed by atoms with van der Waals surface area (Å²) in [6, 6.07) is 12.3. The number of pyridine rings is 1. The Labute approximate surface area is 86.4 Å². The number of hydrogen-bond acceptors (Lipinski definition) is 1. The van der Waals surface area contributed by atoms with E-state index in [4.69, 9.17) is 0 Å². The molecule has 1 aromatic carbocycles. The molecule has 2 rings (SSSR count). The average molecular weight is 201 g/mol. The van der Waals surface area contributed by atoms with Crippen molar-refractivity contribution in [2.75, 3.05) is 0 Å². The van der Waals surface area contributed by atoms with Crippen LogP contribution in [0.5, 0.6) is 0 Å². The van der Waals surface area contributed by atoms with Crippen molar-refractivity contribution in [1.29, 1.82) is 0 Å². The molecule has 0 fully saturated rings. The van der Waals surface area contributed by atoms with Gasteiger partial charge in [0.25, 0.3) is 0 Å². The van der Waals surface area contributed by atoms with E-state index >= 15 is 0 Å². The van der Waals surface area contributed by atoms with Crippen molar-refractivity contribution < 1.29 is 0 Å². The van der Waals surface area contributed by atoms with Gasteiger partial charge in [-0.05, 0) is 24.4 Å². The van der Waals surface area contributed by atoms with Gasteiger partial charge >= 0.3 is 0 Å². The van der Waals surface area contributed by atoms with Crippen LogP contribution in [0.2, 0.25) is 0 Å². The van der Waals surface area contributed by atoms with Gasteiger partial charge in [0.2, 0.25) is 0 Å². The molecular weight excluding hydrogens is 189 g/mol. The Bertz CT molecular complexity index is 437. The summed E-state index contributed by atoms with van der Waals surface area (Å²) in [6.07, 6.45) is 1.82. The molecule has 0 spiro atoms. The Kier molecular flexibility index (Phi) is 2.60. The lowest BCUT2D eigenvalue weighted by Crippen LogP contribution is -1.98. The maximum atomic E-state index is 4.33. The largest absolute Gasteiger partial charge is 0.256 e. The highest BCUT2D eigenvalue weighted by molar-refractivity contribution is 7.28. The summed E-state index contributed by atoms with van der Waals surface area (Å²) in [4.78, 5) is 4.33. The molecule has 0 bridgehead atoms. The lowest BCUT2D eigenvalue weighted by atomic mass is 10.1. The Morgan fingerprint density at radius 2 is 2.00 bits per heavy atom. The minimum absolute atomic E-state index is 1.03. The van der Waals surface area contributed by atoms with Crippen molar-refractivity contribution in [3.05, 3.63) is 48.2 Å². The van der Waals surface area contributed by atoms with Gasteiger partial charge < -0.3 is 0 Å². The summed E-state index contributed by atoms with van der Waals surface area (Å²) in [6.45, 7) is 2.09. The molecule has 70 valence electrons. The van der Waals surface area contributed by atoms with Crippen LogP contribution in [0.1, 0.15) is 5.56 Å².